The summed E-state index contributed by atoms with van der Waals surface area (Å²) in [4.78, 5) is 0. The quantitative estimate of drug-likeness (QED) is 0.284. The molecule has 0 aromatic heterocycles. The molecule has 0 heterocycles. The average molecular weight is 490 g/mol. The molecular formula is C24H14Br2N2. The molecule has 0 radical (unpaired) electrons. The van der Waals surface area contributed by atoms with Crippen LogP contribution in [-0.4, -0.2) is 0 Å². The van der Waals surface area contributed by atoms with E-state index in [1.165, 1.54) is 0 Å². The van der Waals surface area contributed by atoms with E-state index >= 15 is 0 Å². The topological polar surface area (TPSA) is 47.6 Å². The number of nitrogens with zero attached hydrogens (tertiary/aromatic N) is 2. The molecule has 0 bridgehead atoms. The predicted octanol–water partition coefficient (Wildman–Crippen LogP) is 7.34. The van der Waals surface area contributed by atoms with Crippen molar-refractivity contribution in [3.8, 4) is 12.1 Å². The summed E-state index contributed by atoms with van der Waals surface area (Å²) in [7, 11) is 0. The monoisotopic (exact) mass is 488 g/mol. The highest BCUT2D eigenvalue weighted by atomic mass is 79.9. The maximum absolute atomic E-state index is 9.48. The summed E-state index contributed by atoms with van der Waals surface area (Å²) in [5.41, 5.74) is 4.80. The van der Waals surface area contributed by atoms with Crippen LogP contribution in [0.1, 0.15) is 22.3 Å². The summed E-state index contributed by atoms with van der Waals surface area (Å²) in [6, 6.07) is 27.6. The van der Waals surface area contributed by atoms with Gasteiger partial charge < -0.3 is 0 Å². The first-order chi connectivity index (χ1) is 13.6. The first-order valence-corrected chi connectivity index (χ1v) is 10.0. The fourth-order valence-corrected chi connectivity index (χ4v) is 3.17. The van der Waals surface area contributed by atoms with Gasteiger partial charge in [-0.25, -0.2) is 0 Å². The minimum atomic E-state index is 0.600. The normalized spacial score (nSPS) is 11.6. The summed E-state index contributed by atoms with van der Waals surface area (Å²) in [6.07, 6.45) is 3.72. The molecule has 0 saturated carbocycles. The van der Waals surface area contributed by atoms with Crippen LogP contribution in [0.15, 0.2) is 81.7 Å². The van der Waals surface area contributed by atoms with Crippen molar-refractivity contribution in [1.82, 2.24) is 0 Å². The van der Waals surface area contributed by atoms with Crippen LogP contribution in [0, 0.1) is 22.7 Å². The number of nitriles is 2. The van der Waals surface area contributed by atoms with Gasteiger partial charge in [0.15, 0.2) is 0 Å². The Bertz CT molecular complexity index is 1020. The summed E-state index contributed by atoms with van der Waals surface area (Å²) in [5.74, 6) is 0. The molecule has 3 aromatic carbocycles. The van der Waals surface area contributed by atoms with Crippen LogP contribution in [0.25, 0.3) is 23.3 Å². The van der Waals surface area contributed by atoms with Crippen molar-refractivity contribution < 1.29 is 0 Å². The molecule has 0 aliphatic rings. The molecule has 4 heteroatoms. The van der Waals surface area contributed by atoms with Gasteiger partial charge >= 0.3 is 0 Å². The molecule has 0 amide bonds. The van der Waals surface area contributed by atoms with Gasteiger partial charge in [0.2, 0.25) is 0 Å². The van der Waals surface area contributed by atoms with Crippen molar-refractivity contribution in [3.05, 3.63) is 104 Å². The van der Waals surface area contributed by atoms with Crippen molar-refractivity contribution in [1.29, 1.82) is 10.5 Å². The third kappa shape index (κ3) is 5.08. The Labute approximate surface area is 181 Å². The molecule has 0 aliphatic heterocycles. The van der Waals surface area contributed by atoms with E-state index in [2.05, 4.69) is 44.0 Å². The third-order valence-corrected chi connectivity index (χ3v) is 5.17. The minimum absolute atomic E-state index is 0.600. The molecule has 0 atom stereocenters. The Morgan fingerprint density at radius 2 is 0.893 bits per heavy atom. The molecule has 0 fully saturated rings. The van der Waals surface area contributed by atoms with Crippen LogP contribution in [0.2, 0.25) is 0 Å². The molecule has 0 saturated heterocycles. The van der Waals surface area contributed by atoms with Crippen molar-refractivity contribution in [2.24, 2.45) is 0 Å². The van der Waals surface area contributed by atoms with Crippen LogP contribution in [-0.2, 0) is 0 Å². The average Bonchev–Trinajstić information content (AvgIpc) is 2.73. The van der Waals surface area contributed by atoms with E-state index in [0.717, 1.165) is 31.2 Å². The molecule has 28 heavy (non-hydrogen) atoms. The summed E-state index contributed by atoms with van der Waals surface area (Å²) in [5, 5.41) is 19.0. The number of benzene rings is 3. The Balaban J connectivity index is 1.86. The Kier molecular flexibility index (Phi) is 6.61. The second-order valence-electron chi connectivity index (χ2n) is 6.02. The van der Waals surface area contributed by atoms with Crippen molar-refractivity contribution in [2.75, 3.05) is 0 Å². The molecule has 3 aromatic rings. The van der Waals surface area contributed by atoms with Gasteiger partial charge in [-0.05, 0) is 58.7 Å². The van der Waals surface area contributed by atoms with Crippen molar-refractivity contribution in [3.63, 3.8) is 0 Å². The van der Waals surface area contributed by atoms with Crippen LogP contribution in [0.3, 0.4) is 0 Å². The molecule has 134 valence electrons. The van der Waals surface area contributed by atoms with E-state index < -0.39 is 0 Å². The summed E-state index contributed by atoms with van der Waals surface area (Å²) in [6.45, 7) is 0. The molecular weight excluding hydrogens is 476 g/mol. The largest absolute Gasteiger partial charge is 0.192 e. The number of hydrogen-bond donors (Lipinski definition) is 0. The Hall–Kier alpha value is -2.92. The van der Waals surface area contributed by atoms with Gasteiger partial charge in [0, 0.05) is 8.95 Å². The van der Waals surface area contributed by atoms with Crippen LogP contribution in [0.5, 0.6) is 0 Å². The van der Waals surface area contributed by atoms with Gasteiger partial charge in [-0.15, -0.1) is 0 Å². The van der Waals surface area contributed by atoms with Gasteiger partial charge in [0.25, 0.3) is 0 Å². The maximum Gasteiger partial charge on any atom is 0.0998 e. The smallest absolute Gasteiger partial charge is 0.0998 e. The lowest BCUT2D eigenvalue weighted by Gasteiger charge is -2.02. The number of halogens is 2. The SMILES string of the molecule is N#CC(=Cc1ccc(C=C(C#N)c2ccc(Br)cc2)cc1)c1ccc(Br)cc1. The molecule has 0 spiro atoms. The number of hydrogen-bond acceptors (Lipinski definition) is 2. The lowest BCUT2D eigenvalue weighted by atomic mass is 10.0. The third-order valence-electron chi connectivity index (χ3n) is 4.11. The molecule has 0 unspecified atom stereocenters. The molecule has 0 N–H and O–H groups in total. The van der Waals surface area contributed by atoms with E-state index in [0.29, 0.717) is 11.1 Å². The zero-order chi connectivity index (χ0) is 19.9. The van der Waals surface area contributed by atoms with Gasteiger partial charge in [-0.1, -0.05) is 80.4 Å². The van der Waals surface area contributed by atoms with E-state index in [9.17, 15) is 10.5 Å². The fourth-order valence-electron chi connectivity index (χ4n) is 2.64. The van der Waals surface area contributed by atoms with Gasteiger partial charge in [0.1, 0.15) is 0 Å². The van der Waals surface area contributed by atoms with E-state index in [-0.39, 0.29) is 0 Å². The highest BCUT2D eigenvalue weighted by molar-refractivity contribution is 9.10. The van der Waals surface area contributed by atoms with Crippen molar-refractivity contribution >= 4 is 55.2 Å². The first-order valence-electron chi connectivity index (χ1n) is 8.44. The van der Waals surface area contributed by atoms with Crippen LogP contribution >= 0.6 is 31.9 Å². The highest BCUT2D eigenvalue weighted by Crippen LogP contribution is 2.23. The number of rotatable bonds is 4. The van der Waals surface area contributed by atoms with E-state index in [4.69, 9.17) is 0 Å². The van der Waals surface area contributed by atoms with E-state index in [1.54, 1.807) is 0 Å². The van der Waals surface area contributed by atoms with Gasteiger partial charge in [-0.2, -0.15) is 10.5 Å². The zero-order valence-corrected chi connectivity index (χ0v) is 17.9. The lowest BCUT2D eigenvalue weighted by molar-refractivity contribution is 1.51. The summed E-state index contributed by atoms with van der Waals surface area (Å²) < 4.78 is 1.95. The Morgan fingerprint density at radius 3 is 1.18 bits per heavy atom. The molecule has 3 rings (SSSR count). The second kappa shape index (κ2) is 9.33. The highest BCUT2D eigenvalue weighted by Gasteiger charge is 2.03. The maximum atomic E-state index is 9.48. The standard InChI is InChI=1S/C24H14Br2N2/c25-23-9-5-19(6-10-23)21(15-27)13-17-1-2-18(4-3-17)14-22(16-28)20-7-11-24(26)12-8-20/h1-14H. The van der Waals surface area contributed by atoms with Gasteiger partial charge in [-0.3, -0.25) is 0 Å². The summed E-state index contributed by atoms with van der Waals surface area (Å²) >= 11 is 6.81. The lowest BCUT2D eigenvalue weighted by Crippen LogP contribution is -1.84. The van der Waals surface area contributed by atoms with Crippen molar-refractivity contribution in [2.45, 2.75) is 0 Å². The van der Waals surface area contributed by atoms with Crippen LogP contribution < -0.4 is 0 Å². The molecule has 2 nitrogen and oxygen atoms in total. The first kappa shape index (κ1) is 19.8. The predicted molar refractivity (Wildman–Crippen MR) is 122 cm³/mol. The zero-order valence-electron chi connectivity index (χ0n) is 14.7. The van der Waals surface area contributed by atoms with Crippen LogP contribution in [0.4, 0.5) is 0 Å². The van der Waals surface area contributed by atoms with E-state index in [1.807, 2.05) is 84.9 Å². The minimum Gasteiger partial charge on any atom is -0.192 e. The Morgan fingerprint density at radius 1 is 0.571 bits per heavy atom. The second-order valence-corrected chi connectivity index (χ2v) is 7.85. The number of allylic oxidation sites excluding steroid dienone is 2. The molecule has 0 aliphatic carbocycles. The fraction of sp³-hybridized carbons (Fsp3) is 0. The van der Waals surface area contributed by atoms with Gasteiger partial charge in [0.05, 0.1) is 23.3 Å².